The van der Waals surface area contributed by atoms with Crippen LogP contribution in [0.4, 0.5) is 0 Å². The molecule has 0 fully saturated rings. The van der Waals surface area contributed by atoms with E-state index in [9.17, 15) is 4.79 Å². The molecule has 0 aliphatic heterocycles. The fraction of sp³-hybridized carbons (Fsp3) is 0.364. The number of amides is 1. The number of nitrogens with zero attached hydrogens (tertiary/aromatic N) is 1. The summed E-state index contributed by atoms with van der Waals surface area (Å²) < 4.78 is 11.4. The van der Waals surface area contributed by atoms with Gasteiger partial charge in [0.2, 0.25) is 0 Å². The van der Waals surface area contributed by atoms with Crippen molar-refractivity contribution in [1.29, 1.82) is 0 Å². The third kappa shape index (κ3) is 6.85. The zero-order valence-corrected chi connectivity index (χ0v) is 17.3. The second kappa shape index (κ2) is 12.0. The second-order valence-corrected chi connectivity index (χ2v) is 6.64. The van der Waals surface area contributed by atoms with E-state index >= 15 is 0 Å². The molecule has 1 amide bonds. The zero-order chi connectivity index (χ0) is 20.2. The van der Waals surface area contributed by atoms with Gasteiger partial charge in [-0.05, 0) is 49.3 Å². The number of hydrogen-bond acceptors (Lipinski definition) is 4. The average molecular weight is 401 g/mol. The Morgan fingerprint density at radius 1 is 0.929 bits per heavy atom. The van der Waals surface area contributed by atoms with Crippen LogP contribution >= 0.6 is 12.2 Å². The molecule has 28 heavy (non-hydrogen) atoms. The molecule has 2 rings (SSSR count). The minimum atomic E-state index is -0.262. The fourth-order valence-electron chi connectivity index (χ4n) is 2.71. The Morgan fingerprint density at radius 2 is 1.54 bits per heavy atom. The Hall–Kier alpha value is -2.60. The number of hydrogen-bond donors (Lipinski definition) is 1. The summed E-state index contributed by atoms with van der Waals surface area (Å²) in [6, 6.07) is 16.7. The third-order valence-electron chi connectivity index (χ3n) is 3.98. The van der Waals surface area contributed by atoms with Gasteiger partial charge in [0.05, 0.1) is 5.56 Å². The molecule has 0 unspecified atom stereocenters. The van der Waals surface area contributed by atoms with Gasteiger partial charge in [-0.1, -0.05) is 44.2 Å². The predicted molar refractivity (Wildman–Crippen MR) is 116 cm³/mol. The topological polar surface area (TPSA) is 50.8 Å². The smallest absolute Gasteiger partial charge is 0.261 e. The van der Waals surface area contributed by atoms with Gasteiger partial charge in [-0.3, -0.25) is 10.1 Å². The van der Waals surface area contributed by atoms with Gasteiger partial charge in [-0.25, -0.2) is 0 Å². The highest BCUT2D eigenvalue weighted by molar-refractivity contribution is 7.80. The quantitative estimate of drug-likeness (QED) is 0.476. The number of carbonyl (C=O) groups excluding carboxylic acids is 1. The van der Waals surface area contributed by atoms with Gasteiger partial charge >= 0.3 is 0 Å². The summed E-state index contributed by atoms with van der Waals surface area (Å²) in [4.78, 5) is 14.7. The van der Waals surface area contributed by atoms with E-state index in [4.69, 9.17) is 21.7 Å². The van der Waals surface area contributed by atoms with Crippen molar-refractivity contribution in [3.8, 4) is 11.5 Å². The summed E-state index contributed by atoms with van der Waals surface area (Å²) in [5.41, 5.74) is 0.456. The van der Waals surface area contributed by atoms with Crippen LogP contribution in [0.1, 0.15) is 37.0 Å². The van der Waals surface area contributed by atoms with E-state index in [1.807, 2.05) is 41.3 Å². The van der Waals surface area contributed by atoms with Crippen molar-refractivity contribution in [1.82, 2.24) is 10.2 Å². The summed E-state index contributed by atoms with van der Waals surface area (Å²) in [5.74, 6) is 1.04. The van der Waals surface area contributed by atoms with Crippen molar-refractivity contribution in [2.24, 2.45) is 0 Å². The van der Waals surface area contributed by atoms with Crippen LogP contribution in [0.15, 0.2) is 54.6 Å². The van der Waals surface area contributed by atoms with Crippen molar-refractivity contribution in [3.63, 3.8) is 0 Å². The van der Waals surface area contributed by atoms with Gasteiger partial charge in [0.1, 0.15) is 24.7 Å². The van der Waals surface area contributed by atoms with Crippen molar-refractivity contribution >= 4 is 23.2 Å². The summed E-state index contributed by atoms with van der Waals surface area (Å²) in [7, 11) is 0. The Labute approximate surface area is 172 Å². The molecule has 2 aromatic rings. The molecule has 0 aliphatic carbocycles. The normalized spacial score (nSPS) is 10.2. The van der Waals surface area contributed by atoms with Crippen LogP contribution in [-0.2, 0) is 0 Å². The van der Waals surface area contributed by atoms with E-state index in [0.29, 0.717) is 29.6 Å². The van der Waals surface area contributed by atoms with Crippen LogP contribution < -0.4 is 14.8 Å². The van der Waals surface area contributed by atoms with Crippen LogP contribution in [-0.4, -0.2) is 42.2 Å². The molecule has 0 spiro atoms. The first kappa shape index (κ1) is 21.7. The highest BCUT2D eigenvalue weighted by Crippen LogP contribution is 2.18. The summed E-state index contributed by atoms with van der Waals surface area (Å²) >= 11 is 5.42. The van der Waals surface area contributed by atoms with Crippen molar-refractivity contribution < 1.29 is 14.3 Å². The summed E-state index contributed by atoms with van der Waals surface area (Å²) in [5, 5.41) is 3.28. The SMILES string of the molecule is CCCN(CCC)C(=S)NC(=O)c1ccccc1OCCOc1ccccc1. The molecule has 0 aliphatic rings. The molecular formula is C22H28N2O3S. The molecule has 0 heterocycles. The number of thiocarbonyl (C=S) groups is 1. The van der Waals surface area contributed by atoms with Gasteiger partial charge in [-0.15, -0.1) is 0 Å². The van der Waals surface area contributed by atoms with E-state index in [-0.39, 0.29) is 5.91 Å². The Bertz CT molecular complexity index is 746. The molecule has 6 heteroatoms. The van der Waals surface area contributed by atoms with E-state index < -0.39 is 0 Å². The Morgan fingerprint density at radius 3 is 2.21 bits per heavy atom. The monoisotopic (exact) mass is 400 g/mol. The van der Waals surface area contributed by atoms with Gasteiger partial charge in [0, 0.05) is 13.1 Å². The number of rotatable bonds is 10. The van der Waals surface area contributed by atoms with Crippen molar-refractivity contribution in [2.45, 2.75) is 26.7 Å². The number of benzene rings is 2. The lowest BCUT2D eigenvalue weighted by molar-refractivity contribution is 0.0968. The molecule has 2 aromatic carbocycles. The first-order valence-electron chi connectivity index (χ1n) is 9.65. The van der Waals surface area contributed by atoms with Gasteiger partial charge in [-0.2, -0.15) is 0 Å². The molecular weight excluding hydrogens is 372 g/mol. The van der Waals surface area contributed by atoms with Gasteiger partial charge < -0.3 is 14.4 Å². The van der Waals surface area contributed by atoms with E-state index in [1.54, 1.807) is 18.2 Å². The first-order chi connectivity index (χ1) is 13.7. The molecule has 0 bridgehead atoms. The van der Waals surface area contributed by atoms with Crippen LogP contribution in [0.25, 0.3) is 0 Å². The molecule has 0 radical (unpaired) electrons. The largest absolute Gasteiger partial charge is 0.490 e. The van der Waals surface area contributed by atoms with Crippen molar-refractivity contribution in [2.75, 3.05) is 26.3 Å². The average Bonchev–Trinajstić information content (AvgIpc) is 2.72. The Kier molecular flexibility index (Phi) is 9.28. The number of ether oxygens (including phenoxy) is 2. The molecule has 150 valence electrons. The van der Waals surface area contributed by atoms with Gasteiger partial charge in [0.15, 0.2) is 5.11 Å². The Balaban J connectivity index is 1.92. The molecule has 0 atom stereocenters. The fourth-order valence-corrected chi connectivity index (χ4v) is 2.98. The highest BCUT2D eigenvalue weighted by atomic mass is 32.1. The maximum atomic E-state index is 12.7. The molecule has 5 nitrogen and oxygen atoms in total. The van der Waals surface area contributed by atoms with E-state index in [0.717, 1.165) is 31.7 Å². The van der Waals surface area contributed by atoms with Crippen molar-refractivity contribution in [3.05, 3.63) is 60.2 Å². The first-order valence-corrected chi connectivity index (χ1v) is 10.1. The van der Waals surface area contributed by atoms with Crippen LogP contribution in [0.2, 0.25) is 0 Å². The third-order valence-corrected chi connectivity index (χ3v) is 4.34. The van der Waals surface area contributed by atoms with E-state index in [2.05, 4.69) is 19.2 Å². The summed E-state index contributed by atoms with van der Waals surface area (Å²) in [6.07, 6.45) is 1.94. The number of nitrogens with one attached hydrogen (secondary N) is 1. The standard InChI is InChI=1S/C22H28N2O3S/c1-3-14-24(15-4-2)22(28)23-21(25)19-12-8-9-13-20(19)27-17-16-26-18-10-6-5-7-11-18/h5-13H,3-4,14-17H2,1-2H3,(H,23,25,28). The molecule has 1 N–H and O–H groups in total. The molecule has 0 aromatic heterocycles. The molecule has 0 saturated carbocycles. The summed E-state index contributed by atoms with van der Waals surface area (Å²) in [6.45, 7) is 6.55. The number of carbonyl (C=O) groups is 1. The lowest BCUT2D eigenvalue weighted by atomic mass is 10.2. The highest BCUT2D eigenvalue weighted by Gasteiger charge is 2.16. The van der Waals surface area contributed by atoms with E-state index in [1.165, 1.54) is 0 Å². The second-order valence-electron chi connectivity index (χ2n) is 6.25. The maximum Gasteiger partial charge on any atom is 0.261 e. The van der Waals surface area contributed by atoms with Crippen LogP contribution in [0.5, 0.6) is 11.5 Å². The minimum Gasteiger partial charge on any atom is -0.490 e. The minimum absolute atomic E-state index is 0.262. The zero-order valence-electron chi connectivity index (χ0n) is 16.5. The van der Waals surface area contributed by atoms with Crippen LogP contribution in [0.3, 0.4) is 0 Å². The maximum absolute atomic E-state index is 12.7. The lowest BCUT2D eigenvalue weighted by Gasteiger charge is -2.24. The number of para-hydroxylation sites is 2. The predicted octanol–water partition coefficient (Wildman–Crippen LogP) is 4.28. The van der Waals surface area contributed by atoms with Gasteiger partial charge in [0.25, 0.3) is 5.91 Å². The molecule has 0 saturated heterocycles. The van der Waals surface area contributed by atoms with Crippen LogP contribution in [0, 0.1) is 0 Å². The lowest BCUT2D eigenvalue weighted by Crippen LogP contribution is -2.43.